The van der Waals surface area contributed by atoms with Gasteiger partial charge in [0.05, 0.1) is 5.75 Å². The van der Waals surface area contributed by atoms with Gasteiger partial charge in [-0.25, -0.2) is 0 Å². The van der Waals surface area contributed by atoms with Gasteiger partial charge in [-0.1, -0.05) is 44.2 Å². The molecule has 0 saturated carbocycles. The van der Waals surface area contributed by atoms with Crippen LogP contribution in [0.15, 0.2) is 54.6 Å². The lowest BCUT2D eigenvalue weighted by Gasteiger charge is -2.21. The zero-order valence-corrected chi connectivity index (χ0v) is 16.9. The Hall–Kier alpha value is -2.27. The van der Waals surface area contributed by atoms with Gasteiger partial charge in [-0.15, -0.1) is 11.8 Å². The Morgan fingerprint density at radius 1 is 0.926 bits per heavy atom. The number of thioether (sulfide) groups is 1. The average Bonchev–Trinajstić information content (AvgIpc) is 2.68. The van der Waals surface area contributed by atoms with Crippen molar-refractivity contribution in [2.24, 2.45) is 0 Å². The summed E-state index contributed by atoms with van der Waals surface area (Å²) in [6.45, 7) is 5.76. The summed E-state index contributed by atoms with van der Waals surface area (Å²) in [5, 5.41) is 2.88. The van der Waals surface area contributed by atoms with Gasteiger partial charge in [-0.05, 0) is 42.7 Å². The van der Waals surface area contributed by atoms with Crippen molar-refractivity contribution in [2.45, 2.75) is 32.4 Å². The van der Waals surface area contributed by atoms with Crippen LogP contribution in [0.1, 0.15) is 42.6 Å². The molecule has 2 amide bonds. The van der Waals surface area contributed by atoms with E-state index in [1.165, 1.54) is 0 Å². The summed E-state index contributed by atoms with van der Waals surface area (Å²) in [5.41, 5.74) is 2.66. The van der Waals surface area contributed by atoms with E-state index in [-0.39, 0.29) is 11.8 Å². The maximum absolute atomic E-state index is 12.6. The topological polar surface area (TPSA) is 49.4 Å². The Morgan fingerprint density at radius 2 is 1.56 bits per heavy atom. The molecule has 27 heavy (non-hydrogen) atoms. The van der Waals surface area contributed by atoms with E-state index in [1.807, 2.05) is 59.5 Å². The number of hydrogen-bond acceptors (Lipinski definition) is 3. The summed E-state index contributed by atoms with van der Waals surface area (Å²) in [7, 11) is 0. The van der Waals surface area contributed by atoms with Crippen molar-refractivity contribution in [3.63, 3.8) is 0 Å². The summed E-state index contributed by atoms with van der Waals surface area (Å²) >= 11 is 1.56. The van der Waals surface area contributed by atoms with Crippen LogP contribution in [-0.4, -0.2) is 35.6 Å². The third-order valence-electron chi connectivity index (χ3n) is 4.03. The third-order valence-corrected chi connectivity index (χ3v) is 5.04. The highest BCUT2D eigenvalue weighted by Gasteiger charge is 2.14. The maximum atomic E-state index is 12.6. The lowest BCUT2D eigenvalue weighted by atomic mass is 10.1. The fourth-order valence-corrected chi connectivity index (χ4v) is 3.55. The van der Waals surface area contributed by atoms with Gasteiger partial charge in [0.2, 0.25) is 5.91 Å². The Morgan fingerprint density at radius 3 is 2.15 bits per heavy atom. The van der Waals surface area contributed by atoms with Gasteiger partial charge < -0.3 is 10.2 Å². The highest BCUT2D eigenvalue weighted by atomic mass is 32.2. The fraction of sp³-hybridized carbons (Fsp3) is 0.364. The summed E-state index contributed by atoms with van der Waals surface area (Å²) in [4.78, 5) is 26.5. The van der Waals surface area contributed by atoms with Crippen molar-refractivity contribution >= 4 is 29.3 Å². The highest BCUT2D eigenvalue weighted by molar-refractivity contribution is 7.99. The smallest absolute Gasteiger partial charge is 0.253 e. The average molecular weight is 385 g/mol. The van der Waals surface area contributed by atoms with E-state index in [2.05, 4.69) is 19.2 Å². The molecule has 0 radical (unpaired) electrons. The van der Waals surface area contributed by atoms with Crippen LogP contribution in [0.4, 0.5) is 5.69 Å². The van der Waals surface area contributed by atoms with E-state index in [9.17, 15) is 9.59 Å². The normalized spacial score (nSPS) is 10.4. The molecule has 0 spiro atoms. The number of benzene rings is 2. The minimum absolute atomic E-state index is 0.00669. The van der Waals surface area contributed by atoms with Gasteiger partial charge in [0, 0.05) is 30.1 Å². The zero-order valence-electron chi connectivity index (χ0n) is 16.1. The Labute approximate surface area is 166 Å². The van der Waals surface area contributed by atoms with Crippen LogP contribution in [0.3, 0.4) is 0 Å². The van der Waals surface area contributed by atoms with Crippen LogP contribution < -0.4 is 5.32 Å². The SMILES string of the molecule is CCCN(CCC)C(=O)c1ccc(CSCC(=O)Nc2ccccc2)cc1. The molecule has 2 rings (SSSR count). The maximum Gasteiger partial charge on any atom is 0.253 e. The molecule has 0 bridgehead atoms. The van der Waals surface area contributed by atoms with Gasteiger partial charge >= 0.3 is 0 Å². The van der Waals surface area contributed by atoms with Crippen LogP contribution in [0, 0.1) is 0 Å². The van der Waals surface area contributed by atoms with Crippen molar-refractivity contribution in [2.75, 3.05) is 24.2 Å². The summed E-state index contributed by atoms with van der Waals surface area (Å²) in [5.74, 6) is 1.23. The molecule has 0 fully saturated rings. The van der Waals surface area contributed by atoms with Crippen LogP contribution in [0.5, 0.6) is 0 Å². The van der Waals surface area contributed by atoms with E-state index in [0.29, 0.717) is 5.75 Å². The quantitative estimate of drug-likeness (QED) is 0.639. The van der Waals surface area contributed by atoms with Crippen LogP contribution in [0.25, 0.3) is 0 Å². The first-order valence-electron chi connectivity index (χ1n) is 9.45. The standard InChI is InChI=1S/C22H28N2O2S/c1-3-14-24(15-4-2)22(26)19-12-10-18(11-13-19)16-27-17-21(25)23-20-8-6-5-7-9-20/h5-13H,3-4,14-17H2,1-2H3,(H,23,25). The Kier molecular flexibility index (Phi) is 8.92. The molecular formula is C22H28N2O2S. The Bertz CT molecular complexity index is 711. The zero-order chi connectivity index (χ0) is 19.5. The number of carbonyl (C=O) groups is 2. The van der Waals surface area contributed by atoms with Gasteiger partial charge in [0.25, 0.3) is 5.91 Å². The minimum atomic E-state index is -0.00669. The lowest BCUT2D eigenvalue weighted by molar-refractivity contribution is -0.113. The second kappa shape index (κ2) is 11.4. The first-order valence-corrected chi connectivity index (χ1v) is 10.6. The largest absolute Gasteiger partial charge is 0.339 e. The van der Waals surface area contributed by atoms with E-state index in [1.54, 1.807) is 11.8 Å². The van der Waals surface area contributed by atoms with Crippen LogP contribution in [0.2, 0.25) is 0 Å². The molecule has 0 saturated heterocycles. The highest BCUT2D eigenvalue weighted by Crippen LogP contribution is 2.15. The molecule has 0 aliphatic rings. The predicted molar refractivity (Wildman–Crippen MR) is 114 cm³/mol. The molecule has 0 atom stereocenters. The lowest BCUT2D eigenvalue weighted by Crippen LogP contribution is -2.32. The molecule has 0 aliphatic carbocycles. The molecule has 0 unspecified atom stereocenters. The summed E-state index contributed by atoms with van der Waals surface area (Å²) in [6.07, 6.45) is 1.93. The molecule has 0 heterocycles. The molecule has 0 aliphatic heterocycles. The molecule has 1 N–H and O–H groups in total. The van der Waals surface area contributed by atoms with E-state index in [4.69, 9.17) is 0 Å². The number of rotatable bonds is 10. The summed E-state index contributed by atoms with van der Waals surface area (Å²) in [6, 6.07) is 17.2. The van der Waals surface area contributed by atoms with Crippen molar-refractivity contribution in [3.05, 3.63) is 65.7 Å². The van der Waals surface area contributed by atoms with E-state index < -0.39 is 0 Å². The van der Waals surface area contributed by atoms with Gasteiger partial charge in [-0.2, -0.15) is 0 Å². The van der Waals surface area contributed by atoms with Crippen LogP contribution >= 0.6 is 11.8 Å². The molecular weight excluding hydrogens is 356 g/mol. The first kappa shape index (κ1) is 21.0. The van der Waals surface area contributed by atoms with Crippen molar-refractivity contribution in [1.82, 2.24) is 4.90 Å². The number of nitrogens with one attached hydrogen (secondary N) is 1. The molecule has 2 aromatic rings. The monoisotopic (exact) mass is 384 g/mol. The Balaban J connectivity index is 1.81. The van der Waals surface area contributed by atoms with Crippen molar-refractivity contribution < 1.29 is 9.59 Å². The number of anilines is 1. The molecule has 0 aromatic heterocycles. The van der Waals surface area contributed by atoms with E-state index >= 15 is 0 Å². The molecule has 4 nitrogen and oxygen atoms in total. The molecule has 144 valence electrons. The summed E-state index contributed by atoms with van der Waals surface area (Å²) < 4.78 is 0. The van der Waals surface area contributed by atoms with Crippen molar-refractivity contribution in [3.8, 4) is 0 Å². The van der Waals surface area contributed by atoms with Crippen LogP contribution in [-0.2, 0) is 10.5 Å². The number of hydrogen-bond donors (Lipinski definition) is 1. The predicted octanol–water partition coefficient (Wildman–Crippen LogP) is 4.82. The number of amides is 2. The number of nitrogens with zero attached hydrogens (tertiary/aromatic N) is 1. The minimum Gasteiger partial charge on any atom is -0.339 e. The first-order chi connectivity index (χ1) is 13.1. The van der Waals surface area contributed by atoms with Gasteiger partial charge in [0.15, 0.2) is 0 Å². The fourth-order valence-electron chi connectivity index (χ4n) is 2.76. The number of carbonyl (C=O) groups excluding carboxylic acids is 2. The molecule has 2 aromatic carbocycles. The van der Waals surface area contributed by atoms with Crippen molar-refractivity contribution in [1.29, 1.82) is 0 Å². The second-order valence-electron chi connectivity index (χ2n) is 6.40. The third kappa shape index (κ3) is 7.10. The van der Waals surface area contributed by atoms with Gasteiger partial charge in [-0.3, -0.25) is 9.59 Å². The van der Waals surface area contributed by atoms with Gasteiger partial charge in [0.1, 0.15) is 0 Å². The van der Waals surface area contributed by atoms with E-state index in [0.717, 1.165) is 48.5 Å². The second-order valence-corrected chi connectivity index (χ2v) is 7.38. The molecule has 5 heteroatoms. The number of para-hydroxylation sites is 1.